The lowest BCUT2D eigenvalue weighted by atomic mass is 9.81. The van der Waals surface area contributed by atoms with Crippen molar-refractivity contribution in [2.75, 3.05) is 18.4 Å². The first-order chi connectivity index (χ1) is 14.3. The van der Waals surface area contributed by atoms with E-state index in [0.717, 1.165) is 23.4 Å². The molecule has 30 heavy (non-hydrogen) atoms. The van der Waals surface area contributed by atoms with Gasteiger partial charge in [0.25, 0.3) is 0 Å². The number of urea groups is 1. The predicted molar refractivity (Wildman–Crippen MR) is 121 cm³/mol. The Bertz CT molecular complexity index is 931. The number of piperidine rings is 1. The highest BCUT2D eigenvalue weighted by Gasteiger charge is 2.45. The van der Waals surface area contributed by atoms with Gasteiger partial charge in [0.05, 0.1) is 5.70 Å². The maximum absolute atomic E-state index is 12.8. The van der Waals surface area contributed by atoms with Crippen molar-refractivity contribution in [2.24, 2.45) is 5.92 Å². The number of carbonyl (C=O) groups excluding carboxylic acids is 1. The van der Waals surface area contributed by atoms with E-state index in [0.29, 0.717) is 13.1 Å². The number of nitrogens with zero attached hydrogens (tertiary/aromatic N) is 1. The summed E-state index contributed by atoms with van der Waals surface area (Å²) in [6, 6.07) is 18.2. The lowest BCUT2D eigenvalue weighted by molar-refractivity contribution is -0.0948. The molecule has 0 aromatic heterocycles. The van der Waals surface area contributed by atoms with E-state index in [9.17, 15) is 4.79 Å². The first-order valence-electron chi connectivity index (χ1n) is 10.7. The average molecular weight is 406 g/mol. The molecule has 4 rings (SSSR count). The Morgan fingerprint density at radius 1 is 1.13 bits per heavy atom. The fraction of sp³-hybridized carbons (Fsp3) is 0.400. The smallest absolute Gasteiger partial charge is 0.321 e. The first kappa shape index (κ1) is 20.5. The highest BCUT2D eigenvalue weighted by molar-refractivity contribution is 5.89. The zero-order valence-corrected chi connectivity index (χ0v) is 18.2. The lowest BCUT2D eigenvalue weighted by Crippen LogP contribution is -2.53. The second kappa shape index (κ2) is 7.80. The van der Waals surface area contributed by atoms with E-state index in [1.165, 1.54) is 5.56 Å². The van der Waals surface area contributed by atoms with Crippen LogP contribution in [0, 0.1) is 5.92 Å². The number of hydrogen-bond donors (Lipinski definition) is 2. The van der Waals surface area contributed by atoms with Crippen LogP contribution in [0.25, 0.3) is 5.70 Å². The van der Waals surface area contributed by atoms with E-state index in [-0.39, 0.29) is 23.0 Å². The van der Waals surface area contributed by atoms with Crippen molar-refractivity contribution in [3.63, 3.8) is 0 Å². The molecular formula is C25H31N3O2. The molecule has 0 radical (unpaired) electrons. The number of benzene rings is 2. The molecule has 0 saturated carbocycles. The van der Waals surface area contributed by atoms with Crippen LogP contribution in [0.15, 0.2) is 60.7 Å². The Morgan fingerprint density at radius 2 is 1.83 bits per heavy atom. The molecular weight excluding hydrogens is 374 g/mol. The highest BCUT2D eigenvalue weighted by atomic mass is 16.7. The van der Waals surface area contributed by atoms with Gasteiger partial charge >= 0.3 is 6.03 Å². The third-order valence-corrected chi connectivity index (χ3v) is 6.21. The van der Waals surface area contributed by atoms with E-state index < -0.39 is 0 Å². The number of hydrogen-bond acceptors (Lipinski definition) is 3. The topological polar surface area (TPSA) is 53.6 Å². The Balaban J connectivity index is 1.40. The molecule has 0 bridgehead atoms. The third-order valence-electron chi connectivity index (χ3n) is 6.21. The fourth-order valence-corrected chi connectivity index (χ4v) is 4.15. The molecule has 2 unspecified atom stereocenters. The molecule has 2 aromatic carbocycles. The average Bonchev–Trinajstić information content (AvgIpc) is 3.16. The maximum Gasteiger partial charge on any atom is 0.321 e. The van der Waals surface area contributed by atoms with Crippen LogP contribution in [0.4, 0.5) is 10.5 Å². The molecule has 1 spiro atoms. The Morgan fingerprint density at radius 3 is 2.47 bits per heavy atom. The molecule has 5 heteroatoms. The van der Waals surface area contributed by atoms with Crippen LogP contribution in [-0.2, 0) is 10.3 Å². The van der Waals surface area contributed by atoms with E-state index >= 15 is 0 Å². The van der Waals surface area contributed by atoms with Crippen LogP contribution >= 0.6 is 0 Å². The van der Waals surface area contributed by atoms with E-state index in [1.807, 2.05) is 35.2 Å². The first-order valence-corrected chi connectivity index (χ1v) is 10.7. The van der Waals surface area contributed by atoms with Gasteiger partial charge in [0.15, 0.2) is 0 Å². The van der Waals surface area contributed by atoms with Crippen molar-refractivity contribution in [3.05, 3.63) is 71.8 Å². The number of nitrogens with one attached hydrogen (secondary N) is 2. The van der Waals surface area contributed by atoms with E-state index in [2.05, 4.69) is 68.8 Å². The highest BCUT2D eigenvalue weighted by Crippen LogP contribution is 2.38. The van der Waals surface area contributed by atoms with Crippen molar-refractivity contribution < 1.29 is 9.63 Å². The molecule has 2 amide bonds. The molecule has 2 aliphatic heterocycles. The molecule has 5 nitrogen and oxygen atoms in total. The summed E-state index contributed by atoms with van der Waals surface area (Å²) in [5, 5.41) is 3.04. The molecule has 0 aliphatic carbocycles. The van der Waals surface area contributed by atoms with Gasteiger partial charge in [-0.05, 0) is 34.8 Å². The van der Waals surface area contributed by atoms with Crippen LogP contribution in [-0.4, -0.2) is 29.6 Å². The monoisotopic (exact) mass is 405 g/mol. The van der Waals surface area contributed by atoms with Crippen molar-refractivity contribution in [2.45, 2.75) is 45.1 Å². The second-order valence-electron chi connectivity index (χ2n) is 9.44. The summed E-state index contributed by atoms with van der Waals surface area (Å²) in [5.74, 6) is 0.175. The van der Waals surface area contributed by atoms with Crippen molar-refractivity contribution in [3.8, 4) is 0 Å². The Hall–Kier alpha value is -2.79. The summed E-state index contributed by atoms with van der Waals surface area (Å²) in [5.41, 5.74) is 7.01. The van der Waals surface area contributed by atoms with Crippen LogP contribution in [0.5, 0.6) is 0 Å². The van der Waals surface area contributed by atoms with Crippen molar-refractivity contribution in [1.29, 1.82) is 0 Å². The quantitative estimate of drug-likeness (QED) is 0.724. The van der Waals surface area contributed by atoms with E-state index in [4.69, 9.17) is 4.84 Å². The van der Waals surface area contributed by atoms with Gasteiger partial charge in [-0.1, -0.05) is 70.2 Å². The number of likely N-dealkylation sites (tertiary alicyclic amines) is 1. The van der Waals surface area contributed by atoms with Crippen molar-refractivity contribution in [1.82, 2.24) is 10.4 Å². The van der Waals surface area contributed by atoms with Crippen LogP contribution in [0.1, 0.15) is 45.2 Å². The minimum absolute atomic E-state index is 0.0570. The van der Waals surface area contributed by atoms with E-state index in [1.54, 1.807) is 0 Å². The minimum atomic E-state index is -0.379. The van der Waals surface area contributed by atoms with Gasteiger partial charge in [-0.2, -0.15) is 0 Å². The van der Waals surface area contributed by atoms with Gasteiger partial charge in [-0.15, -0.1) is 0 Å². The summed E-state index contributed by atoms with van der Waals surface area (Å²) in [7, 11) is 0. The lowest BCUT2D eigenvalue weighted by Gasteiger charge is -2.41. The number of amides is 2. The second-order valence-corrected chi connectivity index (χ2v) is 9.44. The summed E-state index contributed by atoms with van der Waals surface area (Å²) in [6.45, 7) is 9.99. The molecule has 1 fully saturated rings. The summed E-state index contributed by atoms with van der Waals surface area (Å²) >= 11 is 0. The summed E-state index contributed by atoms with van der Waals surface area (Å²) in [6.07, 6.45) is 2.95. The zero-order valence-electron chi connectivity index (χ0n) is 18.2. The van der Waals surface area contributed by atoms with Crippen molar-refractivity contribution >= 4 is 17.4 Å². The molecule has 1 saturated heterocycles. The van der Waals surface area contributed by atoms with Gasteiger partial charge in [-0.3, -0.25) is 10.3 Å². The molecule has 158 valence electrons. The number of rotatable bonds is 2. The number of anilines is 1. The maximum atomic E-state index is 12.8. The molecule has 2 heterocycles. The Labute approximate surface area is 179 Å². The van der Waals surface area contributed by atoms with Crippen LogP contribution < -0.4 is 10.8 Å². The predicted octanol–water partition coefficient (Wildman–Crippen LogP) is 5.17. The fourth-order valence-electron chi connectivity index (χ4n) is 4.15. The molecule has 2 N–H and O–H groups in total. The van der Waals surface area contributed by atoms with Crippen LogP contribution in [0.3, 0.4) is 0 Å². The van der Waals surface area contributed by atoms with Gasteiger partial charge < -0.3 is 10.2 Å². The standard InChI is InChI=1S/C25H31N3O2/c1-18-17-28(23(29)26-21-12-10-20(11-13-21)24(2,3)4)15-14-25(18)16-22(27-30-25)19-8-6-5-7-9-19/h5-13,16,18,27H,14-15,17H2,1-4H3,(H,26,29). The zero-order chi connectivity index (χ0) is 21.4. The summed E-state index contributed by atoms with van der Waals surface area (Å²) in [4.78, 5) is 20.8. The number of carbonyl (C=O) groups is 1. The minimum Gasteiger partial charge on any atom is -0.324 e. The molecule has 2 aromatic rings. The Kier molecular flexibility index (Phi) is 5.33. The third kappa shape index (κ3) is 4.08. The molecule has 2 aliphatic rings. The summed E-state index contributed by atoms with van der Waals surface area (Å²) < 4.78 is 0. The van der Waals surface area contributed by atoms with Gasteiger partial charge in [0, 0.05) is 31.1 Å². The number of hydroxylamine groups is 1. The van der Waals surface area contributed by atoms with Gasteiger partial charge in [0.2, 0.25) is 0 Å². The SMILES string of the molecule is CC1CN(C(=O)Nc2ccc(C(C)(C)C)cc2)CCC12C=C(c1ccccc1)NO2. The van der Waals surface area contributed by atoms with Crippen LogP contribution in [0.2, 0.25) is 0 Å². The largest absolute Gasteiger partial charge is 0.324 e. The van der Waals surface area contributed by atoms with Gasteiger partial charge in [0.1, 0.15) is 5.60 Å². The molecule has 2 atom stereocenters. The van der Waals surface area contributed by atoms with Gasteiger partial charge in [-0.25, -0.2) is 4.79 Å². The normalized spacial score (nSPS) is 23.8.